The molecule has 0 fully saturated rings. The van der Waals surface area contributed by atoms with E-state index in [0.29, 0.717) is 11.1 Å². The van der Waals surface area contributed by atoms with Crippen molar-refractivity contribution in [2.75, 3.05) is 13.2 Å². The maximum Gasteiger partial charge on any atom is 0.332 e. The zero-order valence-electron chi connectivity index (χ0n) is 19.8. The minimum Gasteiger partial charge on any atom is -0.465 e. The molecule has 0 heterocycles. The number of unbranched alkanes of at least 4 members (excludes halogenated alkanes) is 3. The normalized spacial score (nSPS) is 13.4. The van der Waals surface area contributed by atoms with Crippen LogP contribution in [0.15, 0.2) is 54.6 Å². The summed E-state index contributed by atoms with van der Waals surface area (Å²) in [6, 6.07) is 17.9. The van der Waals surface area contributed by atoms with Gasteiger partial charge in [-0.3, -0.25) is 9.59 Å². The summed E-state index contributed by atoms with van der Waals surface area (Å²) in [6.45, 7) is 6.11. The smallest absolute Gasteiger partial charge is 0.332 e. The molecular weight excluding hydrogens is 412 g/mol. The molecule has 0 unspecified atom stereocenters. The van der Waals surface area contributed by atoms with Gasteiger partial charge >= 0.3 is 11.9 Å². The third kappa shape index (κ3) is 3.72. The first kappa shape index (κ1) is 23.0. The SMILES string of the molecule is CCCCCCc1c2c(cc3ccccc13)C(C(=O)OCC)(C(=O)OCC)c1ccccc1-2. The second-order valence-corrected chi connectivity index (χ2v) is 8.55. The number of rotatable bonds is 9. The van der Waals surface area contributed by atoms with E-state index in [4.69, 9.17) is 9.47 Å². The van der Waals surface area contributed by atoms with Gasteiger partial charge in [-0.05, 0) is 71.3 Å². The van der Waals surface area contributed by atoms with Gasteiger partial charge in [-0.15, -0.1) is 0 Å². The van der Waals surface area contributed by atoms with Gasteiger partial charge in [0.1, 0.15) is 0 Å². The standard InChI is InChI=1S/C29H32O4/c1-4-7-8-9-16-22-21-15-11-10-14-20(21)19-25-26(22)23-17-12-13-18-24(23)29(25,27(30)32-5-2)28(31)33-6-3/h10-15,17-19H,4-9,16H2,1-3H3. The minimum atomic E-state index is -1.61. The molecule has 1 aliphatic carbocycles. The summed E-state index contributed by atoms with van der Waals surface area (Å²) >= 11 is 0. The van der Waals surface area contributed by atoms with E-state index in [-0.39, 0.29) is 13.2 Å². The van der Waals surface area contributed by atoms with Crippen LogP contribution in [0.4, 0.5) is 0 Å². The van der Waals surface area contributed by atoms with Crippen LogP contribution in [-0.4, -0.2) is 25.2 Å². The summed E-state index contributed by atoms with van der Waals surface area (Å²) in [5, 5.41) is 2.19. The number of carbonyl (C=O) groups is 2. The molecule has 4 nitrogen and oxygen atoms in total. The molecule has 3 aromatic carbocycles. The fraction of sp³-hybridized carbons (Fsp3) is 0.379. The molecule has 1 aliphatic rings. The number of fused-ring (bicyclic) bond motifs is 4. The fourth-order valence-corrected chi connectivity index (χ4v) is 5.19. The molecule has 0 saturated heterocycles. The lowest BCUT2D eigenvalue weighted by atomic mass is 9.77. The highest BCUT2D eigenvalue weighted by molar-refractivity contribution is 6.17. The molecule has 0 aromatic heterocycles. The van der Waals surface area contributed by atoms with Crippen LogP contribution in [0.1, 0.15) is 63.1 Å². The quantitative estimate of drug-likeness (QED) is 0.219. The molecule has 0 N–H and O–H groups in total. The maximum absolute atomic E-state index is 13.6. The number of aryl methyl sites for hydroxylation is 1. The Labute approximate surface area is 195 Å². The van der Waals surface area contributed by atoms with Crippen molar-refractivity contribution >= 4 is 22.7 Å². The molecule has 0 bridgehead atoms. The number of carbonyl (C=O) groups excluding carboxylic acids is 2. The topological polar surface area (TPSA) is 52.6 Å². The van der Waals surface area contributed by atoms with Gasteiger partial charge in [0.2, 0.25) is 5.41 Å². The largest absolute Gasteiger partial charge is 0.465 e. The number of esters is 2. The first-order valence-electron chi connectivity index (χ1n) is 12.1. The van der Waals surface area contributed by atoms with E-state index in [9.17, 15) is 9.59 Å². The monoisotopic (exact) mass is 444 g/mol. The van der Waals surface area contributed by atoms with E-state index in [1.165, 1.54) is 23.8 Å². The van der Waals surface area contributed by atoms with Crippen molar-refractivity contribution in [3.8, 4) is 11.1 Å². The van der Waals surface area contributed by atoms with E-state index in [0.717, 1.165) is 35.8 Å². The third-order valence-corrected chi connectivity index (χ3v) is 6.60. The first-order valence-corrected chi connectivity index (χ1v) is 12.1. The van der Waals surface area contributed by atoms with E-state index >= 15 is 0 Å². The van der Waals surface area contributed by atoms with Crippen molar-refractivity contribution < 1.29 is 19.1 Å². The summed E-state index contributed by atoms with van der Waals surface area (Å²) < 4.78 is 11.1. The Morgan fingerprint density at radius 1 is 0.788 bits per heavy atom. The second kappa shape index (κ2) is 9.78. The van der Waals surface area contributed by atoms with Crippen LogP contribution in [0.5, 0.6) is 0 Å². The Kier molecular flexibility index (Phi) is 6.83. The zero-order chi connectivity index (χ0) is 23.4. The number of benzene rings is 3. The highest BCUT2D eigenvalue weighted by Gasteiger charge is 2.58. The van der Waals surface area contributed by atoms with Gasteiger partial charge in [0.05, 0.1) is 13.2 Å². The summed E-state index contributed by atoms with van der Waals surface area (Å²) in [6.07, 6.45) is 5.46. The van der Waals surface area contributed by atoms with E-state index < -0.39 is 17.4 Å². The molecule has 4 heteroatoms. The van der Waals surface area contributed by atoms with Crippen molar-refractivity contribution in [2.45, 2.75) is 58.3 Å². The van der Waals surface area contributed by atoms with Crippen LogP contribution >= 0.6 is 0 Å². The Bertz CT molecular complexity index is 1160. The fourth-order valence-electron chi connectivity index (χ4n) is 5.19. The highest BCUT2D eigenvalue weighted by atomic mass is 16.6. The number of ether oxygens (including phenoxy) is 2. The van der Waals surface area contributed by atoms with Crippen LogP contribution < -0.4 is 0 Å². The number of hydrogen-bond donors (Lipinski definition) is 0. The van der Waals surface area contributed by atoms with Crippen LogP contribution in [-0.2, 0) is 30.9 Å². The highest BCUT2D eigenvalue weighted by Crippen LogP contribution is 2.53. The van der Waals surface area contributed by atoms with Crippen molar-refractivity contribution in [3.05, 3.63) is 71.3 Å². The van der Waals surface area contributed by atoms with Crippen LogP contribution in [0.2, 0.25) is 0 Å². The van der Waals surface area contributed by atoms with E-state index in [2.05, 4.69) is 25.1 Å². The van der Waals surface area contributed by atoms with E-state index in [1.54, 1.807) is 13.8 Å². The van der Waals surface area contributed by atoms with Crippen LogP contribution in [0.3, 0.4) is 0 Å². The average molecular weight is 445 g/mol. The summed E-state index contributed by atoms with van der Waals surface area (Å²) in [7, 11) is 0. The lowest BCUT2D eigenvalue weighted by molar-refractivity contribution is -0.162. The molecule has 33 heavy (non-hydrogen) atoms. The molecule has 0 saturated carbocycles. The molecule has 0 spiro atoms. The van der Waals surface area contributed by atoms with Crippen molar-refractivity contribution in [3.63, 3.8) is 0 Å². The van der Waals surface area contributed by atoms with Gasteiger partial charge in [0, 0.05) is 0 Å². The van der Waals surface area contributed by atoms with Gasteiger partial charge in [-0.25, -0.2) is 0 Å². The van der Waals surface area contributed by atoms with Gasteiger partial charge in [0.25, 0.3) is 0 Å². The predicted molar refractivity (Wildman–Crippen MR) is 131 cm³/mol. The lowest BCUT2D eigenvalue weighted by Gasteiger charge is -2.27. The minimum absolute atomic E-state index is 0.189. The lowest BCUT2D eigenvalue weighted by Crippen LogP contribution is -2.45. The van der Waals surface area contributed by atoms with Gasteiger partial charge < -0.3 is 9.47 Å². The Hall–Kier alpha value is -3.14. The van der Waals surface area contributed by atoms with Crippen molar-refractivity contribution in [1.29, 1.82) is 0 Å². The Morgan fingerprint density at radius 3 is 2.15 bits per heavy atom. The first-order chi connectivity index (χ1) is 16.1. The average Bonchev–Trinajstić information content (AvgIpc) is 3.12. The predicted octanol–water partition coefficient (Wildman–Crippen LogP) is 6.36. The molecule has 172 valence electrons. The Morgan fingerprint density at radius 2 is 1.45 bits per heavy atom. The second-order valence-electron chi connectivity index (χ2n) is 8.55. The summed E-state index contributed by atoms with van der Waals surface area (Å²) in [5.41, 5.74) is 2.83. The van der Waals surface area contributed by atoms with Crippen LogP contribution in [0.25, 0.3) is 21.9 Å². The van der Waals surface area contributed by atoms with Gasteiger partial charge in [-0.1, -0.05) is 74.7 Å². The third-order valence-electron chi connectivity index (χ3n) is 6.60. The van der Waals surface area contributed by atoms with Crippen molar-refractivity contribution in [2.24, 2.45) is 0 Å². The van der Waals surface area contributed by atoms with Crippen LogP contribution in [0, 0.1) is 0 Å². The molecule has 3 aromatic rings. The van der Waals surface area contributed by atoms with E-state index in [1.807, 2.05) is 36.4 Å². The Balaban J connectivity index is 2.05. The van der Waals surface area contributed by atoms with Gasteiger partial charge in [-0.2, -0.15) is 0 Å². The molecule has 0 amide bonds. The molecule has 0 atom stereocenters. The molecular formula is C29H32O4. The summed E-state index contributed by atoms with van der Waals surface area (Å²) in [5.74, 6) is -1.14. The maximum atomic E-state index is 13.6. The summed E-state index contributed by atoms with van der Waals surface area (Å²) in [4.78, 5) is 27.3. The molecule has 0 aliphatic heterocycles. The number of hydrogen-bond acceptors (Lipinski definition) is 4. The molecule has 0 radical (unpaired) electrons. The van der Waals surface area contributed by atoms with Gasteiger partial charge in [0.15, 0.2) is 0 Å². The zero-order valence-corrected chi connectivity index (χ0v) is 19.8. The van der Waals surface area contributed by atoms with Crippen molar-refractivity contribution in [1.82, 2.24) is 0 Å². The molecule has 4 rings (SSSR count).